The van der Waals surface area contributed by atoms with Gasteiger partial charge in [-0.3, -0.25) is 0 Å². The number of halogens is 2. The first kappa shape index (κ1) is 14.1. The minimum absolute atomic E-state index is 0.331. The van der Waals surface area contributed by atoms with Crippen LogP contribution in [-0.2, 0) is 4.74 Å². The summed E-state index contributed by atoms with van der Waals surface area (Å²) in [7, 11) is 1.44. The van der Waals surface area contributed by atoms with Crippen molar-refractivity contribution < 1.29 is 14.6 Å². The number of hydrogen-bond donors (Lipinski definition) is 2. The van der Waals surface area contributed by atoms with Crippen molar-refractivity contribution in [3.8, 4) is 0 Å². The number of carbonyl (C=O) groups is 1. The Balaban J connectivity index is 2.81. The van der Waals surface area contributed by atoms with Gasteiger partial charge in [0.15, 0.2) is 0 Å². The summed E-state index contributed by atoms with van der Waals surface area (Å²) in [5.41, 5.74) is 0.465. The van der Waals surface area contributed by atoms with E-state index in [1.54, 1.807) is 19.1 Å². The second kappa shape index (κ2) is 6.10. The van der Waals surface area contributed by atoms with Crippen molar-refractivity contribution in [3.63, 3.8) is 0 Å². The number of hydrogen-bond acceptors (Lipinski definition) is 3. The van der Waals surface area contributed by atoms with Crippen LogP contribution >= 0.6 is 23.2 Å². The van der Waals surface area contributed by atoms with Gasteiger partial charge >= 0.3 is 6.09 Å². The van der Waals surface area contributed by atoms with Gasteiger partial charge in [0.2, 0.25) is 0 Å². The molecule has 0 aliphatic carbocycles. The fraction of sp³-hybridized carbons (Fsp3) is 0.364. The lowest BCUT2D eigenvalue weighted by Crippen LogP contribution is -2.28. The van der Waals surface area contributed by atoms with E-state index in [2.05, 4.69) is 5.32 Å². The van der Waals surface area contributed by atoms with E-state index in [4.69, 9.17) is 27.9 Å². The molecule has 0 aromatic heterocycles. The van der Waals surface area contributed by atoms with Crippen LogP contribution in [0.25, 0.3) is 0 Å². The number of nitrogens with one attached hydrogen (secondary N) is 1. The summed E-state index contributed by atoms with van der Waals surface area (Å²) >= 11 is 11.7. The fourth-order valence-corrected chi connectivity index (χ4v) is 1.81. The molecular weight excluding hydrogens is 265 g/mol. The molecule has 0 radical (unpaired) electrons. The molecule has 2 N–H and O–H groups in total. The first-order chi connectivity index (χ1) is 7.95. The molecule has 1 rings (SSSR count). The molecule has 0 unspecified atom stereocenters. The number of ether oxygens (including phenoxy) is 1. The van der Waals surface area contributed by atoms with Gasteiger partial charge in [0.25, 0.3) is 0 Å². The molecule has 17 heavy (non-hydrogen) atoms. The fourth-order valence-electron chi connectivity index (χ4n) is 1.29. The van der Waals surface area contributed by atoms with Gasteiger partial charge in [-0.15, -0.1) is 0 Å². The number of amides is 1. The van der Waals surface area contributed by atoms with Gasteiger partial charge in [0.1, 0.15) is 12.2 Å². The highest BCUT2D eigenvalue weighted by atomic mass is 35.5. The van der Waals surface area contributed by atoms with Crippen molar-refractivity contribution in [2.45, 2.75) is 19.1 Å². The van der Waals surface area contributed by atoms with Crippen molar-refractivity contribution in [1.29, 1.82) is 0 Å². The summed E-state index contributed by atoms with van der Waals surface area (Å²) in [6.45, 7) is 1.57. The third-order valence-electron chi connectivity index (χ3n) is 2.22. The van der Waals surface area contributed by atoms with Crippen LogP contribution in [0.4, 0.5) is 4.79 Å². The molecule has 0 aliphatic rings. The van der Waals surface area contributed by atoms with E-state index in [1.165, 1.54) is 13.1 Å². The van der Waals surface area contributed by atoms with Crippen LogP contribution in [0.1, 0.15) is 18.6 Å². The summed E-state index contributed by atoms with van der Waals surface area (Å²) < 4.78 is 4.91. The minimum Gasteiger partial charge on any atom is -0.443 e. The minimum atomic E-state index is -1.00. The SMILES string of the molecule is CNC(=O)O[C@@H](C)[C@@H](O)c1ccc(Cl)cc1Cl. The van der Waals surface area contributed by atoms with Gasteiger partial charge in [-0.1, -0.05) is 29.3 Å². The number of alkyl carbamates (subject to hydrolysis) is 1. The quantitative estimate of drug-likeness (QED) is 0.893. The predicted molar refractivity (Wildman–Crippen MR) is 66.4 cm³/mol. The Morgan fingerprint density at radius 3 is 2.65 bits per heavy atom. The number of benzene rings is 1. The van der Waals surface area contributed by atoms with Gasteiger partial charge in [-0.2, -0.15) is 0 Å². The summed E-state index contributed by atoms with van der Waals surface area (Å²) in [5.74, 6) is 0. The molecule has 0 aliphatic heterocycles. The normalized spacial score (nSPS) is 13.9. The standard InChI is InChI=1S/C11H13Cl2NO3/c1-6(17-11(16)14-2)10(15)8-4-3-7(12)5-9(8)13/h3-6,10,15H,1-2H3,(H,14,16)/t6-,10+/m0/s1. The smallest absolute Gasteiger partial charge is 0.407 e. The Morgan fingerprint density at radius 1 is 1.47 bits per heavy atom. The Hall–Kier alpha value is -0.970. The molecule has 4 nitrogen and oxygen atoms in total. The second-order valence-corrected chi connectivity index (χ2v) is 4.31. The highest BCUT2D eigenvalue weighted by Crippen LogP contribution is 2.28. The average Bonchev–Trinajstić information content (AvgIpc) is 2.28. The summed E-state index contributed by atoms with van der Waals surface area (Å²) in [4.78, 5) is 11.0. The van der Waals surface area contributed by atoms with E-state index >= 15 is 0 Å². The van der Waals surface area contributed by atoms with Crippen LogP contribution in [0.5, 0.6) is 0 Å². The lowest BCUT2D eigenvalue weighted by atomic mass is 10.1. The Kier molecular flexibility index (Phi) is 5.05. The zero-order chi connectivity index (χ0) is 13.0. The summed E-state index contributed by atoms with van der Waals surface area (Å²) in [6.07, 6.45) is -2.33. The van der Waals surface area contributed by atoms with E-state index in [-0.39, 0.29) is 0 Å². The molecular formula is C11H13Cl2NO3. The largest absolute Gasteiger partial charge is 0.443 e. The molecule has 1 aromatic carbocycles. The molecule has 0 spiro atoms. The van der Waals surface area contributed by atoms with Crippen LogP contribution in [0, 0.1) is 0 Å². The highest BCUT2D eigenvalue weighted by Gasteiger charge is 2.22. The van der Waals surface area contributed by atoms with Crippen LogP contribution in [0.2, 0.25) is 10.0 Å². The molecule has 94 valence electrons. The Morgan fingerprint density at radius 2 is 2.12 bits per heavy atom. The maximum Gasteiger partial charge on any atom is 0.407 e. The van der Waals surface area contributed by atoms with Crippen molar-refractivity contribution in [2.24, 2.45) is 0 Å². The molecule has 2 atom stereocenters. The molecule has 0 heterocycles. The topological polar surface area (TPSA) is 58.6 Å². The maximum absolute atomic E-state index is 11.0. The van der Waals surface area contributed by atoms with Gasteiger partial charge in [-0.05, 0) is 19.1 Å². The highest BCUT2D eigenvalue weighted by molar-refractivity contribution is 6.35. The van der Waals surface area contributed by atoms with E-state index in [0.29, 0.717) is 15.6 Å². The molecule has 1 aromatic rings. The molecule has 0 fully saturated rings. The number of aliphatic hydroxyl groups is 1. The predicted octanol–water partition coefficient (Wildman–Crippen LogP) is 2.77. The second-order valence-electron chi connectivity index (χ2n) is 3.47. The zero-order valence-electron chi connectivity index (χ0n) is 9.41. The van der Waals surface area contributed by atoms with E-state index in [9.17, 15) is 9.90 Å². The monoisotopic (exact) mass is 277 g/mol. The summed E-state index contributed by atoms with van der Waals surface area (Å²) in [5, 5.41) is 13.1. The van der Waals surface area contributed by atoms with Crippen LogP contribution < -0.4 is 5.32 Å². The van der Waals surface area contributed by atoms with Gasteiger partial charge in [0.05, 0.1) is 0 Å². The van der Waals surface area contributed by atoms with E-state index < -0.39 is 18.3 Å². The average molecular weight is 278 g/mol. The van der Waals surface area contributed by atoms with Crippen LogP contribution in [0.3, 0.4) is 0 Å². The lowest BCUT2D eigenvalue weighted by Gasteiger charge is -2.20. The Labute approximate surface area is 109 Å². The van der Waals surface area contributed by atoms with E-state index in [1.807, 2.05) is 0 Å². The summed E-state index contributed by atoms with van der Waals surface area (Å²) in [6, 6.07) is 4.73. The first-order valence-electron chi connectivity index (χ1n) is 4.97. The molecule has 6 heteroatoms. The first-order valence-corrected chi connectivity index (χ1v) is 5.72. The van der Waals surface area contributed by atoms with Crippen LogP contribution in [-0.4, -0.2) is 24.4 Å². The van der Waals surface area contributed by atoms with Crippen LogP contribution in [0.15, 0.2) is 18.2 Å². The van der Waals surface area contributed by atoms with Gasteiger partial charge in [-0.25, -0.2) is 4.79 Å². The molecule has 0 bridgehead atoms. The molecule has 1 amide bonds. The third kappa shape index (κ3) is 3.77. The maximum atomic E-state index is 11.0. The number of carbonyl (C=O) groups excluding carboxylic acids is 1. The Bertz CT molecular complexity index is 412. The van der Waals surface area contributed by atoms with E-state index in [0.717, 1.165) is 0 Å². The van der Waals surface area contributed by atoms with Crippen molar-refractivity contribution in [1.82, 2.24) is 5.32 Å². The van der Waals surface area contributed by atoms with Gasteiger partial charge in [0, 0.05) is 22.7 Å². The third-order valence-corrected chi connectivity index (χ3v) is 2.79. The molecule has 0 saturated carbocycles. The molecule has 0 saturated heterocycles. The lowest BCUT2D eigenvalue weighted by molar-refractivity contribution is 0.0127. The van der Waals surface area contributed by atoms with Crippen molar-refractivity contribution in [3.05, 3.63) is 33.8 Å². The number of aliphatic hydroxyl groups excluding tert-OH is 1. The van der Waals surface area contributed by atoms with Gasteiger partial charge < -0.3 is 15.2 Å². The van der Waals surface area contributed by atoms with Crippen molar-refractivity contribution >= 4 is 29.3 Å². The van der Waals surface area contributed by atoms with Crippen molar-refractivity contribution in [2.75, 3.05) is 7.05 Å². The number of rotatable bonds is 3. The zero-order valence-corrected chi connectivity index (χ0v) is 10.9.